The van der Waals surface area contributed by atoms with Gasteiger partial charge in [-0.1, -0.05) is 12.1 Å². The summed E-state index contributed by atoms with van der Waals surface area (Å²) in [6.07, 6.45) is -2.26. The minimum atomic E-state index is -4.67. The van der Waals surface area contributed by atoms with E-state index in [0.29, 0.717) is 18.4 Å². The second-order valence-electron chi connectivity index (χ2n) is 5.43. The van der Waals surface area contributed by atoms with Crippen LogP contribution in [0.2, 0.25) is 0 Å². The molecule has 3 rings (SSSR count). The van der Waals surface area contributed by atoms with E-state index in [-0.39, 0.29) is 11.8 Å². The third kappa shape index (κ3) is 3.40. The molecule has 1 unspecified atom stereocenters. The van der Waals surface area contributed by atoms with Crippen LogP contribution in [0, 0.1) is 5.92 Å². The molecule has 0 aromatic heterocycles. The Labute approximate surface area is 120 Å². The first kappa shape index (κ1) is 14.0. The number of nitrogens with two attached hydrogens (primary N) is 1. The van der Waals surface area contributed by atoms with Gasteiger partial charge in [0, 0.05) is 6.54 Å². The summed E-state index contributed by atoms with van der Waals surface area (Å²) >= 11 is 0. The lowest BCUT2D eigenvalue weighted by Crippen LogP contribution is -2.37. The molecule has 1 aliphatic heterocycles. The maximum atomic E-state index is 12.1. The largest absolute Gasteiger partial charge is 0.573 e. The molecule has 2 N–H and O–H groups in total. The Kier molecular flexibility index (Phi) is 3.43. The molecule has 7 heteroatoms. The highest BCUT2D eigenvalue weighted by Gasteiger charge is 2.34. The predicted molar refractivity (Wildman–Crippen MR) is 71.8 cm³/mol. The average molecular weight is 299 g/mol. The summed E-state index contributed by atoms with van der Waals surface area (Å²) in [6, 6.07) is 5.93. The van der Waals surface area contributed by atoms with Crippen molar-refractivity contribution >= 4 is 5.96 Å². The molecule has 0 amide bonds. The van der Waals surface area contributed by atoms with E-state index >= 15 is 0 Å². The fourth-order valence-electron chi connectivity index (χ4n) is 2.51. The van der Waals surface area contributed by atoms with E-state index < -0.39 is 6.36 Å². The van der Waals surface area contributed by atoms with Crippen LogP contribution in [0.4, 0.5) is 13.2 Å². The Morgan fingerprint density at radius 2 is 1.90 bits per heavy atom. The van der Waals surface area contributed by atoms with Crippen LogP contribution in [0.25, 0.3) is 0 Å². The van der Waals surface area contributed by atoms with Crippen LogP contribution in [0.1, 0.15) is 24.4 Å². The SMILES string of the molecule is NC1=NCC(c2ccc(OC(F)(F)F)cc2)N1CC1CC1. The predicted octanol–water partition coefficient (Wildman–Crippen LogP) is 2.67. The maximum Gasteiger partial charge on any atom is 0.573 e. The van der Waals surface area contributed by atoms with Crippen LogP contribution in [0.5, 0.6) is 5.75 Å². The minimum Gasteiger partial charge on any atom is -0.406 e. The van der Waals surface area contributed by atoms with E-state index in [1.165, 1.54) is 25.0 Å². The Morgan fingerprint density at radius 1 is 1.24 bits per heavy atom. The summed E-state index contributed by atoms with van der Waals surface area (Å²) in [5.74, 6) is 0.960. The third-order valence-corrected chi connectivity index (χ3v) is 3.75. The van der Waals surface area contributed by atoms with Crippen LogP contribution in [-0.4, -0.2) is 30.3 Å². The molecular formula is C14H16F3N3O. The van der Waals surface area contributed by atoms with Crippen LogP contribution in [-0.2, 0) is 0 Å². The van der Waals surface area contributed by atoms with Crippen molar-refractivity contribution in [3.63, 3.8) is 0 Å². The standard InChI is InChI=1S/C14H16F3N3O/c15-14(16,17)21-11-5-3-10(4-6-11)12-7-19-13(18)20(12)8-9-1-2-9/h3-6,9,12H,1-2,7-8H2,(H2,18,19). The zero-order valence-corrected chi connectivity index (χ0v) is 11.3. The molecule has 0 spiro atoms. The zero-order valence-electron chi connectivity index (χ0n) is 11.3. The molecule has 1 aromatic rings. The highest BCUT2D eigenvalue weighted by atomic mass is 19.4. The quantitative estimate of drug-likeness (QED) is 0.930. The Bertz CT molecular complexity index is 537. The number of rotatable bonds is 4. The second-order valence-corrected chi connectivity index (χ2v) is 5.43. The van der Waals surface area contributed by atoms with E-state index in [4.69, 9.17) is 5.73 Å². The summed E-state index contributed by atoms with van der Waals surface area (Å²) in [7, 11) is 0. The zero-order chi connectivity index (χ0) is 15.0. The smallest absolute Gasteiger partial charge is 0.406 e. The molecule has 21 heavy (non-hydrogen) atoms. The lowest BCUT2D eigenvalue weighted by atomic mass is 10.1. The number of alkyl halides is 3. The van der Waals surface area contributed by atoms with Gasteiger partial charge in [0.05, 0.1) is 12.6 Å². The molecule has 4 nitrogen and oxygen atoms in total. The van der Waals surface area contributed by atoms with Gasteiger partial charge in [-0.15, -0.1) is 13.2 Å². The number of ether oxygens (including phenoxy) is 1. The van der Waals surface area contributed by atoms with E-state index in [1.54, 1.807) is 12.1 Å². The van der Waals surface area contributed by atoms with E-state index in [2.05, 4.69) is 9.73 Å². The molecule has 1 aromatic carbocycles. The molecule has 1 fully saturated rings. The fraction of sp³-hybridized carbons (Fsp3) is 0.500. The normalized spacial score (nSPS) is 22.3. The van der Waals surface area contributed by atoms with Crippen molar-refractivity contribution in [3.05, 3.63) is 29.8 Å². The first-order valence-electron chi connectivity index (χ1n) is 6.84. The van der Waals surface area contributed by atoms with Gasteiger partial charge < -0.3 is 15.4 Å². The third-order valence-electron chi connectivity index (χ3n) is 3.75. The van der Waals surface area contributed by atoms with Gasteiger partial charge in [-0.25, -0.2) is 0 Å². The molecule has 2 aliphatic rings. The Hall–Kier alpha value is -1.92. The van der Waals surface area contributed by atoms with Crippen molar-refractivity contribution in [2.24, 2.45) is 16.6 Å². The highest BCUT2D eigenvalue weighted by Crippen LogP contribution is 2.35. The van der Waals surface area contributed by atoms with Gasteiger partial charge in [-0.3, -0.25) is 4.99 Å². The van der Waals surface area contributed by atoms with Crippen molar-refractivity contribution in [2.45, 2.75) is 25.2 Å². The van der Waals surface area contributed by atoms with Crippen molar-refractivity contribution < 1.29 is 17.9 Å². The van der Waals surface area contributed by atoms with Crippen LogP contribution in [0.3, 0.4) is 0 Å². The number of hydrogen-bond donors (Lipinski definition) is 1. The highest BCUT2D eigenvalue weighted by molar-refractivity contribution is 5.80. The maximum absolute atomic E-state index is 12.1. The monoisotopic (exact) mass is 299 g/mol. The van der Waals surface area contributed by atoms with Gasteiger partial charge >= 0.3 is 6.36 Å². The molecule has 1 atom stereocenters. The first-order chi connectivity index (χ1) is 9.92. The van der Waals surface area contributed by atoms with Crippen molar-refractivity contribution in [3.8, 4) is 5.75 Å². The van der Waals surface area contributed by atoms with Gasteiger partial charge in [0.1, 0.15) is 5.75 Å². The van der Waals surface area contributed by atoms with Gasteiger partial charge in [-0.05, 0) is 36.5 Å². The number of guanidine groups is 1. The van der Waals surface area contributed by atoms with E-state index in [1.807, 2.05) is 4.90 Å². The second kappa shape index (κ2) is 5.13. The molecule has 1 aliphatic carbocycles. The lowest BCUT2D eigenvalue weighted by Gasteiger charge is -2.26. The minimum absolute atomic E-state index is 0.00513. The Morgan fingerprint density at radius 3 is 2.48 bits per heavy atom. The van der Waals surface area contributed by atoms with Gasteiger partial charge in [0.15, 0.2) is 5.96 Å². The van der Waals surface area contributed by atoms with E-state index in [0.717, 1.165) is 12.1 Å². The summed E-state index contributed by atoms with van der Waals surface area (Å²) in [5.41, 5.74) is 6.80. The van der Waals surface area contributed by atoms with E-state index in [9.17, 15) is 13.2 Å². The van der Waals surface area contributed by atoms with Gasteiger partial charge in [0.25, 0.3) is 0 Å². The number of benzene rings is 1. The van der Waals surface area contributed by atoms with Crippen molar-refractivity contribution in [1.82, 2.24) is 4.90 Å². The molecule has 0 radical (unpaired) electrons. The molecule has 1 heterocycles. The molecular weight excluding hydrogens is 283 g/mol. The average Bonchev–Trinajstić information content (AvgIpc) is 3.14. The molecule has 1 saturated carbocycles. The van der Waals surface area contributed by atoms with Crippen LogP contribution in [0.15, 0.2) is 29.3 Å². The summed E-state index contributed by atoms with van der Waals surface area (Å²) in [6.45, 7) is 1.40. The summed E-state index contributed by atoms with van der Waals surface area (Å²) in [5, 5.41) is 0. The number of halogens is 3. The Balaban J connectivity index is 1.71. The molecule has 114 valence electrons. The molecule has 0 bridgehead atoms. The van der Waals surface area contributed by atoms with Crippen LogP contribution >= 0.6 is 0 Å². The van der Waals surface area contributed by atoms with Gasteiger partial charge in [0.2, 0.25) is 0 Å². The number of aliphatic imine (C=N–C) groups is 1. The molecule has 0 saturated heterocycles. The lowest BCUT2D eigenvalue weighted by molar-refractivity contribution is -0.274. The fourth-order valence-corrected chi connectivity index (χ4v) is 2.51. The first-order valence-corrected chi connectivity index (χ1v) is 6.84. The number of nitrogens with zero attached hydrogens (tertiary/aromatic N) is 2. The summed E-state index contributed by atoms with van der Waals surface area (Å²) in [4.78, 5) is 6.29. The van der Waals surface area contributed by atoms with Gasteiger partial charge in [-0.2, -0.15) is 0 Å². The summed E-state index contributed by atoms with van der Waals surface area (Å²) < 4.78 is 40.3. The topological polar surface area (TPSA) is 50.9 Å². The van der Waals surface area contributed by atoms with Crippen molar-refractivity contribution in [2.75, 3.05) is 13.1 Å². The number of hydrogen-bond acceptors (Lipinski definition) is 4. The van der Waals surface area contributed by atoms with Crippen molar-refractivity contribution in [1.29, 1.82) is 0 Å². The van der Waals surface area contributed by atoms with Crippen LogP contribution < -0.4 is 10.5 Å².